The molecule has 0 fully saturated rings. The smallest absolute Gasteiger partial charge is 0.278 e. The van der Waals surface area contributed by atoms with E-state index in [4.69, 9.17) is 18.9 Å². The van der Waals surface area contributed by atoms with Crippen molar-refractivity contribution in [1.29, 1.82) is 0 Å². The Bertz CT molecular complexity index is 1000. The molecule has 27 heavy (non-hydrogen) atoms. The Hall–Kier alpha value is -2.43. The number of hydrogen-bond acceptors (Lipinski definition) is 7. The van der Waals surface area contributed by atoms with Gasteiger partial charge in [0.15, 0.2) is 27.4 Å². The van der Waals surface area contributed by atoms with Gasteiger partial charge in [0.1, 0.15) is 13.2 Å². The van der Waals surface area contributed by atoms with Gasteiger partial charge in [0.25, 0.3) is 5.56 Å². The van der Waals surface area contributed by atoms with Crippen LogP contribution >= 0.6 is 15.9 Å². The summed E-state index contributed by atoms with van der Waals surface area (Å²) in [4.78, 5) is 23.0. The lowest BCUT2D eigenvalue weighted by atomic mass is 10.2. The van der Waals surface area contributed by atoms with Crippen LogP contribution in [0.2, 0.25) is 0 Å². The van der Waals surface area contributed by atoms with E-state index in [1.165, 1.54) is 6.33 Å². The van der Waals surface area contributed by atoms with Crippen LogP contribution in [0.1, 0.15) is 0 Å². The van der Waals surface area contributed by atoms with Crippen LogP contribution < -0.4 is 15.0 Å². The summed E-state index contributed by atoms with van der Waals surface area (Å²) in [6, 6.07) is 5.47. The second kappa shape index (κ2) is 8.07. The predicted octanol–water partition coefficient (Wildman–Crippen LogP) is 1.68. The third kappa shape index (κ3) is 3.82. The van der Waals surface area contributed by atoms with Crippen molar-refractivity contribution in [2.45, 2.75) is 0 Å². The zero-order chi connectivity index (χ0) is 18.6. The van der Waals surface area contributed by atoms with Crippen molar-refractivity contribution < 1.29 is 18.9 Å². The van der Waals surface area contributed by atoms with Crippen LogP contribution in [-0.4, -0.2) is 59.2 Å². The topological polar surface area (TPSA) is 100 Å². The average molecular weight is 437 g/mol. The van der Waals surface area contributed by atoms with Crippen molar-refractivity contribution >= 4 is 27.1 Å². The molecular weight excluding hydrogens is 420 g/mol. The summed E-state index contributed by atoms with van der Waals surface area (Å²) >= 11 is 3.40. The van der Waals surface area contributed by atoms with Gasteiger partial charge in [-0.15, -0.1) is 0 Å². The summed E-state index contributed by atoms with van der Waals surface area (Å²) in [6.07, 6.45) is 1.35. The first kappa shape index (κ1) is 18.0. The highest BCUT2D eigenvalue weighted by molar-refractivity contribution is 9.10. The summed E-state index contributed by atoms with van der Waals surface area (Å²) in [7, 11) is 0. The Labute approximate surface area is 162 Å². The number of aromatic nitrogens is 4. The Morgan fingerprint density at radius 2 is 1.70 bits per heavy atom. The molecule has 0 amide bonds. The van der Waals surface area contributed by atoms with Gasteiger partial charge < -0.3 is 23.9 Å². The Kier molecular flexibility index (Phi) is 5.37. The number of halogens is 1. The molecule has 2 aromatic heterocycles. The number of ether oxygens (including phenoxy) is 4. The molecule has 0 atom stereocenters. The van der Waals surface area contributed by atoms with Crippen LogP contribution in [0, 0.1) is 0 Å². The molecule has 3 aromatic rings. The number of H-pyrrole nitrogens is 1. The van der Waals surface area contributed by atoms with E-state index < -0.39 is 0 Å². The lowest BCUT2D eigenvalue weighted by Crippen LogP contribution is -2.16. The lowest BCUT2D eigenvalue weighted by Gasteiger charge is -2.16. The maximum absolute atomic E-state index is 12.0. The number of hydrogen-bond donors (Lipinski definition) is 1. The molecule has 1 aliphatic rings. The van der Waals surface area contributed by atoms with E-state index in [-0.39, 0.29) is 11.1 Å². The minimum Gasteiger partial charge on any atom is -0.487 e. The van der Waals surface area contributed by atoms with E-state index in [0.29, 0.717) is 61.5 Å². The molecule has 1 aliphatic heterocycles. The van der Waals surface area contributed by atoms with Crippen molar-refractivity contribution in [2.75, 3.05) is 39.6 Å². The van der Waals surface area contributed by atoms with Crippen LogP contribution in [0.25, 0.3) is 16.9 Å². The molecule has 0 unspecified atom stereocenters. The zero-order valence-electron chi connectivity index (χ0n) is 14.3. The number of imidazole rings is 1. The third-order valence-electron chi connectivity index (χ3n) is 3.94. The minimum absolute atomic E-state index is 0.250. The number of benzene rings is 1. The molecule has 1 N–H and O–H groups in total. The normalized spacial score (nSPS) is 15.9. The van der Waals surface area contributed by atoms with Crippen molar-refractivity contribution in [3.8, 4) is 17.2 Å². The summed E-state index contributed by atoms with van der Waals surface area (Å²) in [6.45, 7) is 2.75. The summed E-state index contributed by atoms with van der Waals surface area (Å²) < 4.78 is 24.7. The highest BCUT2D eigenvalue weighted by Gasteiger charge is 2.16. The largest absolute Gasteiger partial charge is 0.487 e. The average Bonchev–Trinajstić information content (AvgIpc) is 3.00. The van der Waals surface area contributed by atoms with Crippen LogP contribution in [0.15, 0.2) is 34.1 Å². The Balaban J connectivity index is 1.73. The van der Waals surface area contributed by atoms with Crippen molar-refractivity contribution in [2.24, 2.45) is 0 Å². The second-order valence-electron chi connectivity index (χ2n) is 5.67. The first-order valence-corrected chi connectivity index (χ1v) is 9.20. The fourth-order valence-electron chi connectivity index (χ4n) is 2.72. The molecule has 0 saturated heterocycles. The van der Waals surface area contributed by atoms with Crippen LogP contribution in [0.3, 0.4) is 0 Å². The molecule has 4 rings (SSSR count). The van der Waals surface area contributed by atoms with Gasteiger partial charge in [-0.3, -0.25) is 9.36 Å². The van der Waals surface area contributed by atoms with E-state index in [1.54, 1.807) is 4.57 Å². The first-order chi connectivity index (χ1) is 13.2. The van der Waals surface area contributed by atoms with E-state index in [2.05, 4.69) is 30.9 Å². The van der Waals surface area contributed by atoms with Crippen LogP contribution in [0.4, 0.5) is 0 Å². The molecule has 9 nitrogen and oxygen atoms in total. The quantitative estimate of drug-likeness (QED) is 0.579. The number of aromatic amines is 1. The van der Waals surface area contributed by atoms with Gasteiger partial charge in [0, 0.05) is 6.07 Å². The number of nitrogens with one attached hydrogen (secondary N) is 1. The lowest BCUT2D eigenvalue weighted by molar-refractivity contribution is 0.0223. The third-order valence-corrected chi connectivity index (χ3v) is 4.47. The van der Waals surface area contributed by atoms with E-state index in [1.807, 2.05) is 18.2 Å². The van der Waals surface area contributed by atoms with Crippen LogP contribution in [-0.2, 0) is 9.47 Å². The summed E-state index contributed by atoms with van der Waals surface area (Å²) in [5.74, 6) is 1.17. The van der Waals surface area contributed by atoms with Gasteiger partial charge in [0.05, 0.1) is 38.4 Å². The van der Waals surface area contributed by atoms with Gasteiger partial charge in [-0.25, -0.2) is 9.97 Å². The SMILES string of the molecule is O=c1[nH]cnc2c1nc(Br)n2-c1ccc2c(c1)OCCOCCOCCO2. The zero-order valence-corrected chi connectivity index (χ0v) is 15.9. The van der Waals surface area contributed by atoms with E-state index >= 15 is 0 Å². The van der Waals surface area contributed by atoms with E-state index in [0.717, 1.165) is 5.69 Å². The van der Waals surface area contributed by atoms with Gasteiger partial charge in [-0.1, -0.05) is 0 Å². The van der Waals surface area contributed by atoms with Crippen molar-refractivity contribution in [1.82, 2.24) is 19.5 Å². The van der Waals surface area contributed by atoms with E-state index in [9.17, 15) is 4.79 Å². The second-order valence-corrected chi connectivity index (χ2v) is 6.38. The van der Waals surface area contributed by atoms with Crippen molar-refractivity contribution in [3.63, 3.8) is 0 Å². The fourth-order valence-corrected chi connectivity index (χ4v) is 3.27. The van der Waals surface area contributed by atoms with Crippen molar-refractivity contribution in [3.05, 3.63) is 39.6 Å². The van der Waals surface area contributed by atoms with Gasteiger partial charge in [-0.05, 0) is 28.1 Å². The molecule has 142 valence electrons. The molecule has 0 bridgehead atoms. The molecular formula is C17H17BrN4O5. The fraction of sp³-hybridized carbons (Fsp3) is 0.353. The highest BCUT2D eigenvalue weighted by Crippen LogP contribution is 2.32. The highest BCUT2D eigenvalue weighted by atomic mass is 79.9. The number of rotatable bonds is 1. The first-order valence-electron chi connectivity index (χ1n) is 8.41. The number of fused-ring (bicyclic) bond motifs is 2. The van der Waals surface area contributed by atoms with Crippen LogP contribution in [0.5, 0.6) is 11.5 Å². The summed E-state index contributed by atoms with van der Waals surface area (Å²) in [5, 5.41) is 0. The maximum atomic E-state index is 12.0. The Morgan fingerprint density at radius 3 is 2.48 bits per heavy atom. The van der Waals surface area contributed by atoms with Gasteiger partial charge in [-0.2, -0.15) is 0 Å². The van der Waals surface area contributed by atoms with Gasteiger partial charge in [0.2, 0.25) is 0 Å². The molecule has 10 heteroatoms. The molecule has 0 aliphatic carbocycles. The molecule has 0 spiro atoms. The Morgan fingerprint density at radius 1 is 1.00 bits per heavy atom. The number of nitrogens with zero attached hydrogens (tertiary/aromatic N) is 3. The molecule has 1 aromatic carbocycles. The molecule has 3 heterocycles. The summed E-state index contributed by atoms with van der Waals surface area (Å²) in [5.41, 5.74) is 1.12. The predicted molar refractivity (Wildman–Crippen MR) is 99.8 cm³/mol. The minimum atomic E-state index is -0.303. The standard InChI is InChI=1S/C17H17BrN4O5/c18-17-21-14-15(19-10-20-16(14)23)22(17)11-1-2-12-13(9-11)27-8-6-25-4-3-24-5-7-26-12/h1-2,9-10H,3-8H2,(H,19,20,23). The maximum Gasteiger partial charge on any atom is 0.278 e. The molecule has 0 radical (unpaired) electrons. The van der Waals surface area contributed by atoms with Gasteiger partial charge >= 0.3 is 0 Å². The molecule has 0 saturated carbocycles. The monoisotopic (exact) mass is 436 g/mol.